The summed E-state index contributed by atoms with van der Waals surface area (Å²) in [5.74, 6) is 0. The number of nitrogens with one attached hydrogen (secondary N) is 1. The normalized spacial score (nSPS) is 9.79. The Hall–Kier alpha value is -1.83. The summed E-state index contributed by atoms with van der Waals surface area (Å²) in [6.07, 6.45) is 3.96. The number of anilines is 1. The van der Waals surface area contributed by atoms with Crippen LogP contribution in [-0.2, 0) is 0 Å². The molecule has 0 spiro atoms. The fourth-order valence-electron chi connectivity index (χ4n) is 1.31. The number of pyridine rings is 1. The van der Waals surface area contributed by atoms with Gasteiger partial charge < -0.3 is 0 Å². The number of para-hydroxylation sites is 1. The number of hydrogen-bond acceptors (Lipinski definition) is 1. The van der Waals surface area contributed by atoms with E-state index in [1.165, 1.54) is 5.56 Å². The fraction of sp³-hybridized carbons (Fsp3) is 0.0833. The summed E-state index contributed by atoms with van der Waals surface area (Å²) < 4.78 is 1.93. The van der Waals surface area contributed by atoms with Gasteiger partial charge in [-0.15, -0.1) is 0 Å². The molecule has 0 aliphatic heterocycles. The van der Waals surface area contributed by atoms with Crippen molar-refractivity contribution in [2.45, 2.75) is 6.92 Å². The first-order valence-corrected chi connectivity index (χ1v) is 4.65. The highest BCUT2D eigenvalue weighted by molar-refractivity contribution is 5.47. The molecular weight excluding hydrogens is 172 g/mol. The van der Waals surface area contributed by atoms with Crippen LogP contribution in [-0.4, -0.2) is 0 Å². The van der Waals surface area contributed by atoms with Crippen molar-refractivity contribution in [2.75, 3.05) is 5.43 Å². The van der Waals surface area contributed by atoms with Crippen molar-refractivity contribution in [3.63, 3.8) is 0 Å². The van der Waals surface area contributed by atoms with E-state index in [1.54, 1.807) is 0 Å². The molecule has 0 amide bonds. The number of nitrogens with zero attached hydrogens (tertiary/aromatic N) is 1. The zero-order valence-electron chi connectivity index (χ0n) is 8.14. The van der Waals surface area contributed by atoms with Crippen molar-refractivity contribution in [3.05, 3.63) is 60.4 Å². The Morgan fingerprint density at radius 2 is 1.64 bits per heavy atom. The smallest absolute Gasteiger partial charge is 0.160 e. The van der Waals surface area contributed by atoms with Crippen molar-refractivity contribution < 1.29 is 4.68 Å². The maximum absolute atomic E-state index is 3.29. The summed E-state index contributed by atoms with van der Waals surface area (Å²) in [5.41, 5.74) is 5.66. The average molecular weight is 185 g/mol. The molecule has 0 radical (unpaired) electrons. The molecule has 14 heavy (non-hydrogen) atoms. The van der Waals surface area contributed by atoms with Crippen LogP contribution in [0, 0.1) is 6.92 Å². The molecule has 0 unspecified atom stereocenters. The summed E-state index contributed by atoms with van der Waals surface area (Å²) in [5, 5.41) is 0. The second-order valence-corrected chi connectivity index (χ2v) is 3.21. The number of hydrogen-bond donors (Lipinski definition) is 1. The van der Waals surface area contributed by atoms with Gasteiger partial charge in [-0.05, 0) is 18.6 Å². The second kappa shape index (κ2) is 3.92. The Bertz CT molecular complexity index is 410. The minimum absolute atomic E-state index is 1.13. The molecule has 0 aliphatic carbocycles. The first-order valence-electron chi connectivity index (χ1n) is 4.65. The highest BCUT2D eigenvalue weighted by Crippen LogP contribution is 2.11. The SMILES string of the molecule is Cc1ccccc1N[n+]1ccccc1. The number of aromatic nitrogens is 1. The maximum atomic E-state index is 3.29. The molecule has 70 valence electrons. The van der Waals surface area contributed by atoms with Crippen LogP contribution in [0.3, 0.4) is 0 Å². The van der Waals surface area contributed by atoms with Crippen LogP contribution >= 0.6 is 0 Å². The molecule has 2 rings (SSSR count). The Kier molecular flexibility index (Phi) is 2.45. The van der Waals surface area contributed by atoms with E-state index in [4.69, 9.17) is 0 Å². The number of rotatable bonds is 2. The van der Waals surface area contributed by atoms with Gasteiger partial charge in [0.1, 0.15) is 0 Å². The molecule has 0 atom stereocenters. The van der Waals surface area contributed by atoms with Gasteiger partial charge in [-0.1, -0.05) is 28.9 Å². The Morgan fingerprint density at radius 1 is 0.929 bits per heavy atom. The molecule has 1 N–H and O–H groups in total. The van der Waals surface area contributed by atoms with Gasteiger partial charge in [0.05, 0.1) is 5.69 Å². The van der Waals surface area contributed by atoms with Crippen LogP contribution in [0.2, 0.25) is 0 Å². The first-order chi connectivity index (χ1) is 6.86. The monoisotopic (exact) mass is 185 g/mol. The minimum atomic E-state index is 1.13. The third-order valence-electron chi connectivity index (χ3n) is 2.11. The molecule has 2 nitrogen and oxygen atoms in total. The predicted octanol–water partition coefficient (Wildman–Crippen LogP) is 2.16. The second-order valence-electron chi connectivity index (χ2n) is 3.21. The van der Waals surface area contributed by atoms with E-state index in [0.29, 0.717) is 0 Å². The van der Waals surface area contributed by atoms with E-state index >= 15 is 0 Å². The lowest BCUT2D eigenvalue weighted by Gasteiger charge is -2.02. The van der Waals surface area contributed by atoms with E-state index in [1.807, 2.05) is 47.4 Å². The topological polar surface area (TPSA) is 15.9 Å². The van der Waals surface area contributed by atoms with Crippen molar-refractivity contribution in [1.82, 2.24) is 0 Å². The lowest BCUT2D eigenvalue weighted by Crippen LogP contribution is -2.41. The van der Waals surface area contributed by atoms with Crippen molar-refractivity contribution >= 4 is 5.69 Å². The van der Waals surface area contributed by atoms with Crippen molar-refractivity contribution in [2.24, 2.45) is 0 Å². The molecule has 0 saturated carbocycles. The summed E-state index contributed by atoms with van der Waals surface area (Å²) in [6, 6.07) is 14.2. The lowest BCUT2D eigenvalue weighted by molar-refractivity contribution is -0.642. The molecular formula is C12H13N2+. The fourth-order valence-corrected chi connectivity index (χ4v) is 1.31. The maximum Gasteiger partial charge on any atom is 0.199 e. The molecule has 0 bridgehead atoms. The van der Waals surface area contributed by atoms with Gasteiger partial charge in [-0.2, -0.15) is 5.43 Å². The van der Waals surface area contributed by atoms with Gasteiger partial charge in [0.2, 0.25) is 0 Å². The highest BCUT2D eigenvalue weighted by Gasteiger charge is 2.00. The van der Waals surface area contributed by atoms with E-state index in [2.05, 4.69) is 24.5 Å². The molecule has 0 aliphatic rings. The van der Waals surface area contributed by atoms with Gasteiger partial charge in [0.15, 0.2) is 12.4 Å². The van der Waals surface area contributed by atoms with Gasteiger partial charge >= 0.3 is 0 Å². The molecule has 2 aromatic rings. The lowest BCUT2D eigenvalue weighted by atomic mass is 10.2. The van der Waals surface area contributed by atoms with Gasteiger partial charge in [0.25, 0.3) is 0 Å². The summed E-state index contributed by atoms with van der Waals surface area (Å²) in [6.45, 7) is 2.09. The largest absolute Gasteiger partial charge is 0.199 e. The quantitative estimate of drug-likeness (QED) is 0.709. The Labute approximate surface area is 83.8 Å². The van der Waals surface area contributed by atoms with Crippen LogP contribution < -0.4 is 10.1 Å². The van der Waals surface area contributed by atoms with Crippen LogP contribution in [0.5, 0.6) is 0 Å². The van der Waals surface area contributed by atoms with E-state index in [0.717, 1.165) is 5.69 Å². The van der Waals surface area contributed by atoms with E-state index < -0.39 is 0 Å². The third kappa shape index (κ3) is 1.91. The molecule has 0 fully saturated rings. The zero-order chi connectivity index (χ0) is 9.80. The van der Waals surface area contributed by atoms with Crippen LogP contribution in [0.25, 0.3) is 0 Å². The van der Waals surface area contributed by atoms with Crippen LogP contribution in [0.4, 0.5) is 5.69 Å². The zero-order valence-corrected chi connectivity index (χ0v) is 8.14. The average Bonchev–Trinajstić information content (AvgIpc) is 2.23. The minimum Gasteiger partial charge on any atom is -0.160 e. The van der Waals surface area contributed by atoms with Crippen LogP contribution in [0.1, 0.15) is 5.56 Å². The predicted molar refractivity (Wildman–Crippen MR) is 56.8 cm³/mol. The number of aryl methyl sites for hydroxylation is 1. The van der Waals surface area contributed by atoms with Crippen molar-refractivity contribution in [1.29, 1.82) is 0 Å². The van der Waals surface area contributed by atoms with Gasteiger partial charge in [0, 0.05) is 12.1 Å². The number of benzene rings is 1. The van der Waals surface area contributed by atoms with Crippen molar-refractivity contribution in [3.8, 4) is 0 Å². The first kappa shape index (κ1) is 8.75. The van der Waals surface area contributed by atoms with Gasteiger partial charge in [-0.25, -0.2) is 0 Å². The Morgan fingerprint density at radius 3 is 2.36 bits per heavy atom. The molecule has 1 aromatic carbocycles. The Balaban J connectivity index is 2.24. The summed E-state index contributed by atoms with van der Waals surface area (Å²) in [7, 11) is 0. The van der Waals surface area contributed by atoms with Gasteiger partial charge in [-0.3, -0.25) is 0 Å². The van der Waals surface area contributed by atoms with E-state index in [9.17, 15) is 0 Å². The molecule has 2 heteroatoms. The highest BCUT2D eigenvalue weighted by atomic mass is 15.4. The molecule has 1 heterocycles. The summed E-state index contributed by atoms with van der Waals surface area (Å²) in [4.78, 5) is 0. The third-order valence-corrected chi connectivity index (χ3v) is 2.11. The molecule has 0 saturated heterocycles. The summed E-state index contributed by atoms with van der Waals surface area (Å²) >= 11 is 0. The van der Waals surface area contributed by atoms with Crippen LogP contribution in [0.15, 0.2) is 54.9 Å². The standard InChI is InChI=1S/C12H13N2/c1-11-7-3-4-8-12(11)13-14-9-5-2-6-10-14/h2-10,13H,1H3/q+1. The van der Waals surface area contributed by atoms with E-state index in [-0.39, 0.29) is 0 Å². The molecule has 1 aromatic heterocycles.